The number of nitrogens with zero attached hydrogens (tertiary/aromatic N) is 2. The number of fused-ring (bicyclic) bond motifs is 1. The number of aromatic nitrogens is 1. The summed E-state index contributed by atoms with van der Waals surface area (Å²) >= 11 is 1.69. The van der Waals surface area contributed by atoms with Gasteiger partial charge in [-0.1, -0.05) is 6.07 Å². The van der Waals surface area contributed by atoms with Gasteiger partial charge in [0.25, 0.3) is 0 Å². The highest BCUT2D eigenvalue weighted by Gasteiger charge is 2.28. The highest BCUT2D eigenvalue weighted by atomic mass is 32.1. The second-order valence-corrected chi connectivity index (χ2v) is 7.82. The Balaban J connectivity index is 1.38. The number of hydrogen-bond acceptors (Lipinski definition) is 5. The van der Waals surface area contributed by atoms with Gasteiger partial charge in [-0.2, -0.15) is 0 Å². The van der Waals surface area contributed by atoms with Crippen molar-refractivity contribution < 1.29 is 9.21 Å². The average molecular weight is 370 g/mol. The van der Waals surface area contributed by atoms with E-state index in [1.165, 1.54) is 4.88 Å². The molecule has 136 valence electrons. The molecule has 1 atom stereocenters. The lowest BCUT2D eigenvalue weighted by Gasteiger charge is -2.23. The summed E-state index contributed by atoms with van der Waals surface area (Å²) in [5, 5.41) is 7.88. The van der Waals surface area contributed by atoms with Gasteiger partial charge in [0.2, 0.25) is 0 Å². The van der Waals surface area contributed by atoms with Crippen LogP contribution in [-0.2, 0) is 0 Å². The lowest BCUT2D eigenvalue weighted by atomic mass is 10.2. The number of thiophene rings is 1. The van der Waals surface area contributed by atoms with E-state index in [2.05, 4.69) is 32.0 Å². The zero-order valence-electron chi connectivity index (χ0n) is 14.9. The van der Waals surface area contributed by atoms with Crippen LogP contribution in [0, 0.1) is 0 Å². The van der Waals surface area contributed by atoms with Crippen molar-refractivity contribution in [2.45, 2.75) is 24.8 Å². The normalized spacial score (nSPS) is 15.3. The van der Waals surface area contributed by atoms with E-state index in [0.717, 1.165) is 29.8 Å². The molecule has 1 aromatic carbocycles. The Labute approximate surface area is 156 Å². The number of amides is 2. The molecule has 0 aliphatic heterocycles. The molecule has 0 spiro atoms. The van der Waals surface area contributed by atoms with E-state index in [1.807, 2.05) is 38.4 Å². The first-order valence-corrected chi connectivity index (χ1v) is 9.63. The Morgan fingerprint density at radius 1 is 1.38 bits per heavy atom. The topological polar surface area (TPSA) is 70.4 Å². The summed E-state index contributed by atoms with van der Waals surface area (Å²) in [4.78, 5) is 20.2. The maximum Gasteiger partial charge on any atom is 0.319 e. The van der Waals surface area contributed by atoms with Crippen LogP contribution in [0.4, 0.5) is 10.5 Å². The quantitative estimate of drug-likeness (QED) is 0.682. The number of likely N-dealkylation sites (N-methyl/N-ethyl adjacent to an activating group) is 1. The molecule has 1 fully saturated rings. The van der Waals surface area contributed by atoms with E-state index in [-0.39, 0.29) is 12.1 Å². The van der Waals surface area contributed by atoms with E-state index < -0.39 is 0 Å². The van der Waals surface area contributed by atoms with Crippen molar-refractivity contribution in [1.82, 2.24) is 15.2 Å². The maximum absolute atomic E-state index is 12.3. The minimum Gasteiger partial charge on any atom is -0.440 e. The van der Waals surface area contributed by atoms with Crippen LogP contribution in [-0.4, -0.2) is 36.6 Å². The van der Waals surface area contributed by atoms with E-state index >= 15 is 0 Å². The molecule has 2 N–H and O–H groups in total. The predicted molar refractivity (Wildman–Crippen MR) is 104 cm³/mol. The van der Waals surface area contributed by atoms with Crippen LogP contribution >= 0.6 is 11.3 Å². The minimum absolute atomic E-state index is 0.153. The number of benzene rings is 1. The Hall–Kier alpha value is -2.38. The zero-order valence-corrected chi connectivity index (χ0v) is 15.7. The molecule has 2 amide bonds. The molecule has 6 nitrogen and oxygen atoms in total. The molecule has 7 heteroatoms. The molecule has 26 heavy (non-hydrogen) atoms. The van der Waals surface area contributed by atoms with Gasteiger partial charge < -0.3 is 20.0 Å². The smallest absolute Gasteiger partial charge is 0.319 e. The van der Waals surface area contributed by atoms with Gasteiger partial charge >= 0.3 is 6.03 Å². The number of anilines is 1. The summed E-state index contributed by atoms with van der Waals surface area (Å²) in [6.07, 6.45) is 2.30. The first kappa shape index (κ1) is 17.1. The third kappa shape index (κ3) is 3.73. The molecule has 4 rings (SSSR count). The van der Waals surface area contributed by atoms with Crippen molar-refractivity contribution in [2.75, 3.05) is 26.0 Å². The van der Waals surface area contributed by atoms with Gasteiger partial charge in [-0.05, 0) is 56.6 Å². The van der Waals surface area contributed by atoms with Crippen molar-refractivity contribution in [3.63, 3.8) is 0 Å². The summed E-state index contributed by atoms with van der Waals surface area (Å²) < 4.78 is 5.75. The number of rotatable bonds is 6. The van der Waals surface area contributed by atoms with E-state index in [9.17, 15) is 4.79 Å². The van der Waals surface area contributed by atoms with Gasteiger partial charge in [0.1, 0.15) is 5.52 Å². The standard InChI is InChI=1S/C19H22N4O2S/c1-23(2)15(17-4-3-9-26-17)11-20-19(24)21-13-7-8-16-14(10-13)22-18(25-16)12-5-6-12/h3-4,7-10,12,15H,5-6,11H2,1-2H3,(H2,20,21,24). The van der Waals surface area contributed by atoms with Gasteiger partial charge in [0.05, 0.1) is 6.04 Å². The molecule has 0 saturated heterocycles. The van der Waals surface area contributed by atoms with E-state index in [4.69, 9.17) is 4.42 Å². The van der Waals surface area contributed by atoms with Crippen LogP contribution < -0.4 is 10.6 Å². The maximum atomic E-state index is 12.3. The predicted octanol–water partition coefficient (Wildman–Crippen LogP) is 4.19. The Kier molecular flexibility index (Phi) is 4.65. The Morgan fingerprint density at radius 3 is 2.92 bits per heavy atom. The average Bonchev–Trinajstić information content (AvgIpc) is 3.15. The van der Waals surface area contributed by atoms with Crippen LogP contribution in [0.15, 0.2) is 40.1 Å². The summed E-state index contributed by atoms with van der Waals surface area (Å²) in [5.74, 6) is 1.29. The molecule has 3 aromatic rings. The van der Waals surface area contributed by atoms with E-state index in [0.29, 0.717) is 18.2 Å². The summed E-state index contributed by atoms with van der Waals surface area (Å²) in [6, 6.07) is 9.60. The number of urea groups is 1. The summed E-state index contributed by atoms with van der Waals surface area (Å²) in [7, 11) is 4.03. The van der Waals surface area contributed by atoms with Gasteiger partial charge in [-0.25, -0.2) is 9.78 Å². The largest absolute Gasteiger partial charge is 0.440 e. The molecule has 0 bridgehead atoms. The lowest BCUT2D eigenvalue weighted by Crippen LogP contribution is -2.36. The molecular weight excluding hydrogens is 348 g/mol. The fraction of sp³-hybridized carbons (Fsp3) is 0.368. The number of carbonyl (C=O) groups excluding carboxylic acids is 1. The Morgan fingerprint density at radius 2 is 2.23 bits per heavy atom. The van der Waals surface area contributed by atoms with Crippen molar-refractivity contribution in [2.24, 2.45) is 0 Å². The first-order chi connectivity index (χ1) is 12.6. The van der Waals surface area contributed by atoms with Crippen molar-refractivity contribution in [3.8, 4) is 0 Å². The summed E-state index contributed by atoms with van der Waals surface area (Å²) in [6.45, 7) is 0.539. The number of hydrogen-bond donors (Lipinski definition) is 2. The molecule has 0 radical (unpaired) electrons. The monoisotopic (exact) mass is 370 g/mol. The van der Waals surface area contributed by atoms with Crippen LogP contribution in [0.3, 0.4) is 0 Å². The van der Waals surface area contributed by atoms with Crippen molar-refractivity contribution >= 4 is 34.2 Å². The van der Waals surface area contributed by atoms with Gasteiger partial charge in [0, 0.05) is 23.0 Å². The first-order valence-electron chi connectivity index (χ1n) is 8.75. The lowest BCUT2D eigenvalue weighted by molar-refractivity contribution is 0.244. The minimum atomic E-state index is -0.223. The highest BCUT2D eigenvalue weighted by Crippen LogP contribution is 2.40. The summed E-state index contributed by atoms with van der Waals surface area (Å²) in [5.41, 5.74) is 2.26. The number of oxazole rings is 1. The highest BCUT2D eigenvalue weighted by molar-refractivity contribution is 7.10. The fourth-order valence-electron chi connectivity index (χ4n) is 2.91. The van der Waals surface area contributed by atoms with Crippen molar-refractivity contribution in [1.29, 1.82) is 0 Å². The Bertz CT molecular complexity index is 900. The van der Waals surface area contributed by atoms with Gasteiger partial charge in [-0.15, -0.1) is 11.3 Å². The second kappa shape index (κ2) is 7.09. The second-order valence-electron chi connectivity index (χ2n) is 6.84. The number of nitrogens with one attached hydrogen (secondary N) is 2. The third-order valence-corrected chi connectivity index (χ3v) is 5.51. The van der Waals surface area contributed by atoms with Gasteiger partial charge in [0.15, 0.2) is 11.5 Å². The fourth-order valence-corrected chi connectivity index (χ4v) is 3.83. The van der Waals surface area contributed by atoms with Crippen LogP contribution in [0.2, 0.25) is 0 Å². The molecule has 1 saturated carbocycles. The number of carbonyl (C=O) groups is 1. The third-order valence-electron chi connectivity index (χ3n) is 4.54. The molecule has 1 aliphatic rings. The molecule has 1 unspecified atom stereocenters. The molecule has 1 aliphatic carbocycles. The zero-order chi connectivity index (χ0) is 18.1. The van der Waals surface area contributed by atoms with Gasteiger partial charge in [-0.3, -0.25) is 0 Å². The van der Waals surface area contributed by atoms with Crippen LogP contribution in [0.1, 0.15) is 35.6 Å². The SMILES string of the molecule is CN(C)C(CNC(=O)Nc1ccc2oc(C3CC3)nc2c1)c1cccs1. The molecule has 2 aromatic heterocycles. The van der Waals surface area contributed by atoms with Crippen molar-refractivity contribution in [3.05, 3.63) is 46.5 Å². The van der Waals surface area contributed by atoms with Crippen LogP contribution in [0.5, 0.6) is 0 Å². The molecular formula is C19H22N4O2S. The molecule has 2 heterocycles. The van der Waals surface area contributed by atoms with E-state index in [1.54, 1.807) is 11.3 Å². The van der Waals surface area contributed by atoms with Crippen LogP contribution in [0.25, 0.3) is 11.1 Å².